The van der Waals surface area contributed by atoms with Crippen LogP contribution in [0.1, 0.15) is 18.2 Å². The third-order valence-electron chi connectivity index (χ3n) is 4.63. The quantitative estimate of drug-likeness (QED) is 0.484. The molecule has 0 amide bonds. The van der Waals surface area contributed by atoms with Gasteiger partial charge in [0.2, 0.25) is 5.95 Å². The van der Waals surface area contributed by atoms with Gasteiger partial charge in [0.1, 0.15) is 0 Å². The molecule has 0 fully saturated rings. The van der Waals surface area contributed by atoms with Gasteiger partial charge >= 0.3 is 0 Å². The molecule has 138 valence electrons. The summed E-state index contributed by atoms with van der Waals surface area (Å²) in [4.78, 5) is 8.99. The Morgan fingerprint density at radius 2 is 1.93 bits per heavy atom. The van der Waals surface area contributed by atoms with Crippen LogP contribution in [0.5, 0.6) is 23.0 Å². The van der Waals surface area contributed by atoms with Crippen LogP contribution < -0.4 is 20.5 Å². The standard InChI is InChI=1S/C18H17N5O4/c19-17-21-16(9-3-1-4-12(24)15(9)25)23-11-8-14-13(26-5-2-6-27-14)7-10(11)20-18(23)22-17/h1,3-4,7-8,16,24-25H,2,5-6H2,(H3,19,20,21,22)/t16-/m1/s1. The van der Waals surface area contributed by atoms with E-state index < -0.39 is 6.17 Å². The first-order valence-corrected chi connectivity index (χ1v) is 8.54. The number of nitrogens with one attached hydrogen (secondary N) is 1. The number of rotatable bonds is 1. The molecule has 5 N–H and O–H groups in total. The highest BCUT2D eigenvalue weighted by atomic mass is 16.5. The fraction of sp³-hybridized carbons (Fsp3) is 0.222. The summed E-state index contributed by atoms with van der Waals surface area (Å²) in [6, 6.07) is 8.39. The summed E-state index contributed by atoms with van der Waals surface area (Å²) in [6.45, 7) is 1.15. The molecule has 27 heavy (non-hydrogen) atoms. The maximum Gasteiger partial charge on any atom is 0.212 e. The number of para-hydroxylation sites is 1. The van der Waals surface area contributed by atoms with Gasteiger partial charge in [-0.2, -0.15) is 0 Å². The van der Waals surface area contributed by atoms with Crippen LogP contribution in [0.2, 0.25) is 0 Å². The molecule has 9 heteroatoms. The smallest absolute Gasteiger partial charge is 0.212 e. The number of aliphatic imine (C=N–C) groups is 1. The van der Waals surface area contributed by atoms with E-state index in [1.807, 2.05) is 12.1 Å². The van der Waals surface area contributed by atoms with Crippen molar-refractivity contribution in [3.63, 3.8) is 0 Å². The van der Waals surface area contributed by atoms with Crippen LogP contribution >= 0.6 is 0 Å². The lowest BCUT2D eigenvalue weighted by molar-refractivity contribution is 0.297. The molecule has 0 unspecified atom stereocenters. The molecule has 2 aromatic carbocycles. The summed E-state index contributed by atoms with van der Waals surface area (Å²) in [6.07, 6.45) is 0.114. The Morgan fingerprint density at radius 1 is 1.15 bits per heavy atom. The zero-order valence-electron chi connectivity index (χ0n) is 14.2. The van der Waals surface area contributed by atoms with Crippen molar-refractivity contribution < 1.29 is 19.7 Å². The number of hydrogen-bond donors (Lipinski definition) is 4. The number of aromatic nitrogens is 2. The van der Waals surface area contributed by atoms with Gasteiger partial charge in [-0.1, -0.05) is 12.1 Å². The number of phenols is 2. The van der Waals surface area contributed by atoms with Gasteiger partial charge in [-0.3, -0.25) is 9.88 Å². The predicted octanol–water partition coefficient (Wildman–Crippen LogP) is 1.90. The Morgan fingerprint density at radius 3 is 2.74 bits per heavy atom. The van der Waals surface area contributed by atoms with Gasteiger partial charge in [0.25, 0.3) is 0 Å². The molecule has 1 aromatic heterocycles. The fourth-order valence-electron chi connectivity index (χ4n) is 3.39. The van der Waals surface area contributed by atoms with Gasteiger partial charge < -0.3 is 25.4 Å². The van der Waals surface area contributed by atoms with Crippen molar-refractivity contribution in [1.29, 1.82) is 0 Å². The first-order chi connectivity index (χ1) is 13.1. The van der Waals surface area contributed by atoms with Crippen molar-refractivity contribution in [2.45, 2.75) is 12.6 Å². The maximum absolute atomic E-state index is 10.3. The van der Waals surface area contributed by atoms with Crippen LogP contribution in [0.15, 0.2) is 35.3 Å². The molecule has 2 aliphatic rings. The minimum absolute atomic E-state index is 0.166. The number of nitrogens with two attached hydrogens (primary N) is 1. The van der Waals surface area contributed by atoms with Gasteiger partial charge in [-0.05, 0) is 6.07 Å². The summed E-state index contributed by atoms with van der Waals surface area (Å²) >= 11 is 0. The van der Waals surface area contributed by atoms with Crippen molar-refractivity contribution in [3.8, 4) is 23.0 Å². The number of guanidine groups is 1. The van der Waals surface area contributed by atoms with Crippen LogP contribution in [0, 0.1) is 0 Å². The molecule has 0 saturated carbocycles. The van der Waals surface area contributed by atoms with E-state index in [0.29, 0.717) is 41.7 Å². The van der Waals surface area contributed by atoms with Crippen LogP contribution in [0.4, 0.5) is 5.95 Å². The molecule has 5 rings (SSSR count). The molecule has 0 spiro atoms. The van der Waals surface area contributed by atoms with Crippen LogP contribution in [-0.2, 0) is 0 Å². The summed E-state index contributed by atoms with van der Waals surface area (Å²) in [5, 5.41) is 23.2. The third kappa shape index (κ3) is 2.39. The largest absolute Gasteiger partial charge is 0.504 e. The number of ether oxygens (including phenoxy) is 2. The fourth-order valence-corrected chi connectivity index (χ4v) is 3.39. The topological polar surface area (TPSA) is 127 Å². The molecular formula is C18H17N5O4. The first-order valence-electron chi connectivity index (χ1n) is 8.54. The average Bonchev–Trinajstić information content (AvgIpc) is 2.83. The predicted molar refractivity (Wildman–Crippen MR) is 98.5 cm³/mol. The number of phenolic OH excluding ortho intramolecular Hbond substituents is 2. The molecule has 0 aliphatic carbocycles. The second-order valence-corrected chi connectivity index (χ2v) is 6.37. The molecule has 9 nitrogen and oxygen atoms in total. The number of anilines is 1. The van der Waals surface area contributed by atoms with E-state index in [1.54, 1.807) is 16.7 Å². The SMILES string of the molecule is NC1=N[C@@H](c2cccc(O)c2O)n2c(nc3cc4c(cc32)OCCCO4)N1. The van der Waals surface area contributed by atoms with E-state index in [9.17, 15) is 10.2 Å². The van der Waals surface area contributed by atoms with Crippen molar-refractivity contribution in [3.05, 3.63) is 35.9 Å². The average molecular weight is 367 g/mol. The normalized spacial score (nSPS) is 18.4. The Bertz CT molecular complexity index is 1090. The van der Waals surface area contributed by atoms with E-state index in [1.165, 1.54) is 6.07 Å². The van der Waals surface area contributed by atoms with E-state index in [-0.39, 0.29) is 17.5 Å². The molecule has 0 saturated heterocycles. The Balaban J connectivity index is 1.74. The van der Waals surface area contributed by atoms with Crippen molar-refractivity contribution in [2.75, 3.05) is 18.5 Å². The molecular weight excluding hydrogens is 350 g/mol. The highest BCUT2D eigenvalue weighted by Crippen LogP contribution is 2.42. The molecule has 0 bridgehead atoms. The number of nitrogens with zero attached hydrogens (tertiary/aromatic N) is 3. The number of fused-ring (bicyclic) bond motifs is 4. The third-order valence-corrected chi connectivity index (χ3v) is 4.63. The summed E-state index contributed by atoms with van der Waals surface area (Å²) < 4.78 is 13.3. The minimum atomic E-state index is -0.692. The molecule has 3 aromatic rings. The molecule has 0 radical (unpaired) electrons. The van der Waals surface area contributed by atoms with Crippen LogP contribution in [-0.4, -0.2) is 38.9 Å². The lowest BCUT2D eigenvalue weighted by Gasteiger charge is -2.24. The maximum atomic E-state index is 10.3. The number of hydrogen-bond acceptors (Lipinski definition) is 8. The van der Waals surface area contributed by atoms with E-state index in [0.717, 1.165) is 11.9 Å². The van der Waals surface area contributed by atoms with Gasteiger partial charge in [0, 0.05) is 24.1 Å². The van der Waals surface area contributed by atoms with Crippen LogP contribution in [0.25, 0.3) is 11.0 Å². The lowest BCUT2D eigenvalue weighted by Crippen LogP contribution is -2.31. The van der Waals surface area contributed by atoms with Crippen LogP contribution in [0.3, 0.4) is 0 Å². The Hall–Kier alpha value is -3.62. The van der Waals surface area contributed by atoms with Gasteiger partial charge in [-0.15, -0.1) is 0 Å². The van der Waals surface area contributed by atoms with Crippen molar-refractivity contribution in [2.24, 2.45) is 10.7 Å². The van der Waals surface area contributed by atoms with E-state index in [2.05, 4.69) is 15.3 Å². The van der Waals surface area contributed by atoms with Gasteiger partial charge in [0.15, 0.2) is 35.1 Å². The number of imidazole rings is 1. The second-order valence-electron chi connectivity index (χ2n) is 6.37. The number of aromatic hydroxyl groups is 2. The zero-order valence-corrected chi connectivity index (χ0v) is 14.2. The molecule has 1 atom stereocenters. The van der Waals surface area contributed by atoms with Gasteiger partial charge in [0.05, 0.1) is 24.2 Å². The summed E-state index contributed by atoms with van der Waals surface area (Å²) in [5.41, 5.74) is 7.75. The highest BCUT2D eigenvalue weighted by molar-refractivity contribution is 5.95. The summed E-state index contributed by atoms with van der Waals surface area (Å²) in [5.74, 6) is 1.44. The first kappa shape index (κ1) is 15.6. The van der Waals surface area contributed by atoms with Crippen molar-refractivity contribution in [1.82, 2.24) is 9.55 Å². The molecule has 3 heterocycles. The van der Waals surface area contributed by atoms with E-state index >= 15 is 0 Å². The Labute approximate surface area is 153 Å². The minimum Gasteiger partial charge on any atom is -0.504 e. The lowest BCUT2D eigenvalue weighted by atomic mass is 10.1. The Kier molecular flexibility index (Phi) is 3.30. The van der Waals surface area contributed by atoms with E-state index in [4.69, 9.17) is 15.2 Å². The highest BCUT2D eigenvalue weighted by Gasteiger charge is 2.29. The zero-order chi connectivity index (χ0) is 18.5. The van der Waals surface area contributed by atoms with Crippen molar-refractivity contribution >= 4 is 22.9 Å². The second kappa shape index (κ2) is 5.70. The molecule has 2 aliphatic heterocycles. The monoisotopic (exact) mass is 367 g/mol. The summed E-state index contributed by atoms with van der Waals surface area (Å²) in [7, 11) is 0. The number of benzene rings is 2. The van der Waals surface area contributed by atoms with Gasteiger partial charge in [-0.25, -0.2) is 9.98 Å².